The maximum atomic E-state index is 13.4. The zero-order chi connectivity index (χ0) is 27.8. The molecule has 0 fully saturated rings. The molecule has 5 heterocycles. The van der Waals surface area contributed by atoms with Crippen LogP contribution in [-0.2, 0) is 13.1 Å². The fraction of sp³-hybridized carbons (Fsp3) is 0.108. The van der Waals surface area contributed by atoms with Crippen molar-refractivity contribution in [2.24, 2.45) is 0 Å². The second-order valence-electron chi connectivity index (χ2n) is 10.8. The van der Waals surface area contributed by atoms with Crippen LogP contribution in [0.15, 0.2) is 133 Å². The van der Waals surface area contributed by atoms with E-state index in [0.717, 1.165) is 11.1 Å². The molecule has 10 rings (SSSR count). The third-order valence-electron chi connectivity index (χ3n) is 8.14. The number of benzene rings is 5. The largest absolute Gasteiger partial charge is 0.289 e. The molecule has 4 nitrogen and oxygen atoms in total. The second-order valence-corrected chi connectivity index (χ2v) is 10.8. The average Bonchev–Trinajstić information content (AvgIpc) is 3.38. The van der Waals surface area contributed by atoms with E-state index in [1.165, 1.54) is 11.1 Å². The first-order valence-corrected chi connectivity index (χ1v) is 14.0. The predicted octanol–water partition coefficient (Wildman–Crippen LogP) is 7.00. The third kappa shape index (κ3) is 4.78. The summed E-state index contributed by atoms with van der Waals surface area (Å²) in [4.78, 5) is 29.1. The predicted molar refractivity (Wildman–Crippen MR) is 160 cm³/mol. The molecule has 5 aliphatic heterocycles. The van der Waals surface area contributed by atoms with Gasteiger partial charge in [-0.2, -0.15) is 0 Å². The maximum Gasteiger partial charge on any atom is 0.236 e. The highest BCUT2D eigenvalue weighted by Gasteiger charge is 2.43. The van der Waals surface area contributed by atoms with Crippen LogP contribution in [-0.4, -0.2) is 27.4 Å². The van der Waals surface area contributed by atoms with Crippen LogP contribution >= 0.6 is 0 Å². The zero-order valence-corrected chi connectivity index (χ0v) is 22.6. The topological polar surface area (TPSA) is 40.4 Å². The number of nitrogens with zero attached hydrogens (tertiary/aromatic N) is 2. The molecule has 198 valence electrons. The first kappa shape index (κ1) is 24.9. The minimum atomic E-state index is -0.0899. The van der Waals surface area contributed by atoms with Crippen molar-refractivity contribution in [2.45, 2.75) is 25.2 Å². The fourth-order valence-electron chi connectivity index (χ4n) is 6.10. The molecule has 0 unspecified atom stereocenters. The van der Waals surface area contributed by atoms with E-state index in [9.17, 15) is 9.59 Å². The highest BCUT2D eigenvalue weighted by Crippen LogP contribution is 2.41. The Bertz CT molecular complexity index is 1760. The number of ketones is 2. The van der Waals surface area contributed by atoms with E-state index in [2.05, 4.69) is 76.5 Å². The van der Waals surface area contributed by atoms with Gasteiger partial charge >= 0.3 is 0 Å². The molecule has 0 aromatic heterocycles. The van der Waals surface area contributed by atoms with E-state index >= 15 is 0 Å². The normalized spacial score (nSPS) is 18.2. The summed E-state index contributed by atoms with van der Waals surface area (Å²) in [6.07, 6.45) is 2.25. The van der Waals surface area contributed by atoms with Crippen molar-refractivity contribution in [3.63, 3.8) is 0 Å². The highest BCUT2D eigenvalue weighted by molar-refractivity contribution is 6.13. The van der Waals surface area contributed by atoms with Gasteiger partial charge in [-0.1, -0.05) is 127 Å². The fourth-order valence-corrected chi connectivity index (χ4v) is 6.10. The Morgan fingerprint density at radius 1 is 0.537 bits per heavy atom. The first-order chi connectivity index (χ1) is 20.1. The van der Waals surface area contributed by atoms with Gasteiger partial charge in [0.05, 0.1) is 0 Å². The summed E-state index contributed by atoms with van der Waals surface area (Å²) in [7, 11) is 0. The lowest BCUT2D eigenvalue weighted by atomic mass is 9.92. The molecule has 0 radical (unpaired) electrons. The van der Waals surface area contributed by atoms with Gasteiger partial charge in [-0.25, -0.2) is 0 Å². The van der Waals surface area contributed by atoms with E-state index in [1.807, 2.05) is 48.5 Å². The van der Waals surface area contributed by atoms with Gasteiger partial charge in [0.25, 0.3) is 0 Å². The zero-order valence-electron chi connectivity index (χ0n) is 22.6. The Balaban J connectivity index is 1.37. The SMILES string of the molecule is O=C1c2ccc(cc2)CN2C=[N+](Cc3ccc(cc3)C(=O)c3cccc1c3)[C@H](c1ccccc1)[C@H]2c1ccccc1. The maximum absolute atomic E-state index is 13.4. The van der Waals surface area contributed by atoms with Crippen LogP contribution in [0.2, 0.25) is 0 Å². The summed E-state index contributed by atoms with van der Waals surface area (Å²) in [5, 5.41) is 0. The van der Waals surface area contributed by atoms with Crippen molar-refractivity contribution in [3.8, 4) is 0 Å². The number of hydrogen-bond acceptors (Lipinski definition) is 3. The number of carbonyl (C=O) groups excluding carboxylic acids is 2. The molecule has 0 N–H and O–H groups in total. The Hall–Kier alpha value is -5.09. The Morgan fingerprint density at radius 3 is 1.66 bits per heavy atom. The van der Waals surface area contributed by atoms with Crippen LogP contribution in [0.3, 0.4) is 0 Å². The average molecular weight is 534 g/mol. The van der Waals surface area contributed by atoms with Crippen molar-refractivity contribution in [3.05, 3.63) is 178 Å². The van der Waals surface area contributed by atoms with Crippen LogP contribution < -0.4 is 0 Å². The van der Waals surface area contributed by atoms with Gasteiger partial charge in [0.2, 0.25) is 6.34 Å². The molecule has 4 heteroatoms. The summed E-state index contributed by atoms with van der Waals surface area (Å²) in [5.74, 6) is -0.180. The van der Waals surface area contributed by atoms with E-state index < -0.39 is 0 Å². The van der Waals surface area contributed by atoms with E-state index in [-0.39, 0.29) is 23.7 Å². The minimum Gasteiger partial charge on any atom is -0.289 e. The lowest BCUT2D eigenvalue weighted by Gasteiger charge is -2.24. The molecule has 2 atom stereocenters. The van der Waals surface area contributed by atoms with Gasteiger partial charge in [0, 0.05) is 33.4 Å². The van der Waals surface area contributed by atoms with Gasteiger partial charge in [-0.05, 0) is 17.2 Å². The van der Waals surface area contributed by atoms with Gasteiger partial charge in [-0.15, -0.1) is 0 Å². The Morgan fingerprint density at radius 2 is 1.07 bits per heavy atom. The van der Waals surface area contributed by atoms with Crippen LogP contribution in [0.4, 0.5) is 0 Å². The van der Waals surface area contributed by atoms with Crippen molar-refractivity contribution in [2.75, 3.05) is 0 Å². The minimum absolute atomic E-state index is 0.0873. The number of hydrogen-bond donors (Lipinski definition) is 0. The molecule has 0 spiro atoms. The van der Waals surface area contributed by atoms with Gasteiger partial charge < -0.3 is 0 Å². The molecule has 0 amide bonds. The lowest BCUT2D eigenvalue weighted by Crippen LogP contribution is -2.26. The van der Waals surface area contributed by atoms with Crippen LogP contribution in [0.25, 0.3) is 0 Å². The highest BCUT2D eigenvalue weighted by atomic mass is 16.1. The van der Waals surface area contributed by atoms with Crippen LogP contribution in [0.5, 0.6) is 0 Å². The summed E-state index contributed by atoms with van der Waals surface area (Å²) >= 11 is 0. The van der Waals surface area contributed by atoms with E-state index in [4.69, 9.17) is 0 Å². The molecule has 0 saturated carbocycles. The summed E-state index contributed by atoms with van der Waals surface area (Å²) in [5.41, 5.74) is 6.99. The van der Waals surface area contributed by atoms with Gasteiger partial charge in [0.15, 0.2) is 23.7 Å². The van der Waals surface area contributed by atoms with Crippen LogP contribution in [0.1, 0.15) is 66.2 Å². The summed E-state index contributed by atoms with van der Waals surface area (Å²) < 4.78 is 2.41. The molecule has 0 aliphatic carbocycles. The molecule has 0 saturated heterocycles. The first-order valence-electron chi connectivity index (χ1n) is 14.0. The summed E-state index contributed by atoms with van der Waals surface area (Å²) in [6.45, 7) is 1.41. The van der Waals surface area contributed by atoms with Crippen molar-refractivity contribution >= 4 is 17.9 Å². The molecule has 5 aromatic carbocycles. The van der Waals surface area contributed by atoms with E-state index in [1.54, 1.807) is 24.3 Å². The number of rotatable bonds is 2. The van der Waals surface area contributed by atoms with Crippen molar-refractivity contribution < 1.29 is 14.2 Å². The smallest absolute Gasteiger partial charge is 0.236 e. The third-order valence-corrected chi connectivity index (χ3v) is 8.14. The Labute approximate surface area is 239 Å². The molecule has 8 bridgehead atoms. The molecular weight excluding hydrogens is 504 g/mol. The molecule has 5 aromatic rings. The quantitative estimate of drug-likeness (QED) is 0.229. The van der Waals surface area contributed by atoms with Crippen molar-refractivity contribution in [1.29, 1.82) is 0 Å². The van der Waals surface area contributed by atoms with Gasteiger partial charge in [-0.3, -0.25) is 19.1 Å². The van der Waals surface area contributed by atoms with Crippen molar-refractivity contribution in [1.82, 2.24) is 4.90 Å². The molecule has 5 aliphatic rings. The van der Waals surface area contributed by atoms with E-state index in [0.29, 0.717) is 35.3 Å². The molecular formula is C37H29N2O2+. The second kappa shape index (κ2) is 10.5. The van der Waals surface area contributed by atoms with Crippen LogP contribution in [0, 0.1) is 0 Å². The molecule has 41 heavy (non-hydrogen) atoms. The standard InChI is InChI=1S/C37H29N2O2/c40-36-30-18-14-26(15-19-30)23-38-25-39(35(29-10-5-2-6-11-29)34(38)28-8-3-1-4-9-28)24-27-16-20-31(21-17-27)37(41)33-13-7-12-32(36)22-33/h1-22,25,34-35H,23-24H2/q+1/t34-,35-/m1/s1. The Kier molecular flexibility index (Phi) is 6.36. The monoisotopic (exact) mass is 533 g/mol. The summed E-state index contributed by atoms with van der Waals surface area (Å²) in [6, 6.07) is 44.3. The number of carbonyl (C=O) groups is 2. The van der Waals surface area contributed by atoms with Gasteiger partial charge in [0.1, 0.15) is 13.1 Å². The lowest BCUT2D eigenvalue weighted by molar-refractivity contribution is -0.578.